The zero-order valence-electron chi connectivity index (χ0n) is 13.9. The summed E-state index contributed by atoms with van der Waals surface area (Å²) in [5.41, 5.74) is 0.281. The van der Waals surface area contributed by atoms with Gasteiger partial charge in [0.2, 0.25) is 0 Å². The van der Waals surface area contributed by atoms with Crippen LogP contribution in [0.5, 0.6) is 0 Å². The van der Waals surface area contributed by atoms with Gasteiger partial charge < -0.3 is 19.9 Å². The Morgan fingerprint density at radius 3 is 2.62 bits per heavy atom. The molecule has 1 aromatic rings. The molecule has 0 bridgehead atoms. The minimum absolute atomic E-state index is 0.254. The summed E-state index contributed by atoms with van der Waals surface area (Å²) in [7, 11) is 3.01. The molecule has 8 heteroatoms. The van der Waals surface area contributed by atoms with Crippen molar-refractivity contribution < 1.29 is 18.3 Å². The number of aliphatic imine (C=N–C) groups is 1. The van der Waals surface area contributed by atoms with Crippen molar-refractivity contribution in [2.24, 2.45) is 4.99 Å². The summed E-state index contributed by atoms with van der Waals surface area (Å²) in [5, 5.41) is 3.10. The molecule has 0 saturated carbocycles. The summed E-state index contributed by atoms with van der Waals surface area (Å²) in [5.74, 6) is -0.484. The third-order valence-electron chi connectivity index (χ3n) is 3.88. The Bertz CT molecular complexity index is 602. The average Bonchev–Trinajstić information content (AvgIpc) is 2.61. The maximum absolute atomic E-state index is 13.9. The van der Waals surface area contributed by atoms with Crippen molar-refractivity contribution in [3.8, 4) is 0 Å². The van der Waals surface area contributed by atoms with E-state index in [9.17, 15) is 13.6 Å². The van der Waals surface area contributed by atoms with Gasteiger partial charge in [-0.1, -0.05) is 0 Å². The zero-order valence-corrected chi connectivity index (χ0v) is 13.9. The van der Waals surface area contributed by atoms with Gasteiger partial charge in [-0.15, -0.1) is 0 Å². The molecule has 0 aliphatic carbocycles. The molecule has 0 unspecified atom stereocenters. The van der Waals surface area contributed by atoms with E-state index in [-0.39, 0.29) is 18.1 Å². The molecule has 1 fully saturated rings. The smallest absolute Gasteiger partial charge is 0.307 e. The molecule has 1 aromatic carbocycles. The molecule has 6 nitrogen and oxygen atoms in total. The van der Waals surface area contributed by atoms with E-state index < -0.39 is 11.6 Å². The Morgan fingerprint density at radius 2 is 2.00 bits per heavy atom. The van der Waals surface area contributed by atoms with Crippen molar-refractivity contribution in [3.05, 3.63) is 29.8 Å². The molecule has 2 rings (SSSR count). The molecule has 0 atom stereocenters. The maximum atomic E-state index is 13.9. The Balaban J connectivity index is 1.89. The number of esters is 1. The SMILES string of the molecule is CN=C(NCCC(=O)OC)N1CCN(c2cc(F)ccc2F)CC1. The van der Waals surface area contributed by atoms with E-state index >= 15 is 0 Å². The molecular weight excluding hydrogens is 318 g/mol. The predicted octanol–water partition coefficient (Wildman–Crippen LogP) is 1.23. The lowest BCUT2D eigenvalue weighted by Gasteiger charge is -2.37. The van der Waals surface area contributed by atoms with Crippen molar-refractivity contribution in [1.82, 2.24) is 10.2 Å². The van der Waals surface area contributed by atoms with Crippen LogP contribution in [0.3, 0.4) is 0 Å². The van der Waals surface area contributed by atoms with Crippen LogP contribution in [0.2, 0.25) is 0 Å². The number of nitrogens with one attached hydrogen (secondary N) is 1. The highest BCUT2D eigenvalue weighted by Gasteiger charge is 2.22. The molecule has 132 valence electrons. The quantitative estimate of drug-likeness (QED) is 0.507. The number of rotatable bonds is 4. The van der Waals surface area contributed by atoms with Gasteiger partial charge in [0, 0.05) is 45.8 Å². The van der Waals surface area contributed by atoms with E-state index in [0.29, 0.717) is 38.7 Å². The summed E-state index contributed by atoms with van der Waals surface area (Å²) < 4.78 is 31.8. The monoisotopic (exact) mass is 340 g/mol. The molecule has 1 saturated heterocycles. The minimum Gasteiger partial charge on any atom is -0.469 e. The standard InChI is InChI=1S/C16H22F2N4O2/c1-19-16(20-6-5-15(23)24-2)22-9-7-21(8-10-22)14-11-12(17)3-4-13(14)18/h3-4,11H,5-10H2,1-2H3,(H,19,20). The number of halogens is 2. The third-order valence-corrected chi connectivity index (χ3v) is 3.88. The topological polar surface area (TPSA) is 57.2 Å². The van der Waals surface area contributed by atoms with Gasteiger partial charge >= 0.3 is 5.97 Å². The largest absolute Gasteiger partial charge is 0.469 e. The van der Waals surface area contributed by atoms with Crippen LogP contribution in [0.1, 0.15) is 6.42 Å². The van der Waals surface area contributed by atoms with Gasteiger partial charge in [0.05, 0.1) is 19.2 Å². The lowest BCUT2D eigenvalue weighted by molar-refractivity contribution is -0.140. The number of methoxy groups -OCH3 is 1. The number of carbonyl (C=O) groups excluding carboxylic acids is 1. The highest BCUT2D eigenvalue weighted by Crippen LogP contribution is 2.21. The van der Waals surface area contributed by atoms with Gasteiger partial charge in [-0.2, -0.15) is 0 Å². The molecule has 0 radical (unpaired) electrons. The summed E-state index contributed by atoms with van der Waals surface area (Å²) >= 11 is 0. The highest BCUT2D eigenvalue weighted by atomic mass is 19.1. The second-order valence-corrected chi connectivity index (χ2v) is 5.37. The number of piperazine rings is 1. The number of nitrogens with zero attached hydrogens (tertiary/aromatic N) is 3. The van der Waals surface area contributed by atoms with Crippen molar-refractivity contribution in [3.63, 3.8) is 0 Å². The Labute approximate surface area is 140 Å². The van der Waals surface area contributed by atoms with E-state index in [4.69, 9.17) is 0 Å². The summed E-state index contributed by atoms with van der Waals surface area (Å²) in [6, 6.07) is 3.47. The fourth-order valence-electron chi connectivity index (χ4n) is 2.60. The summed E-state index contributed by atoms with van der Waals surface area (Å²) in [6.07, 6.45) is 0.254. The van der Waals surface area contributed by atoms with Crippen LogP contribution >= 0.6 is 0 Å². The number of benzene rings is 1. The van der Waals surface area contributed by atoms with Gasteiger partial charge in [-0.05, 0) is 12.1 Å². The van der Waals surface area contributed by atoms with E-state index in [1.165, 1.54) is 13.2 Å². The van der Waals surface area contributed by atoms with Crippen LogP contribution in [0.15, 0.2) is 23.2 Å². The van der Waals surface area contributed by atoms with Crippen molar-refractivity contribution in [2.75, 3.05) is 51.8 Å². The van der Waals surface area contributed by atoms with Crippen molar-refractivity contribution in [1.29, 1.82) is 0 Å². The van der Waals surface area contributed by atoms with Crippen LogP contribution in [0.25, 0.3) is 0 Å². The molecule has 24 heavy (non-hydrogen) atoms. The highest BCUT2D eigenvalue weighted by molar-refractivity contribution is 5.80. The number of hydrogen-bond donors (Lipinski definition) is 1. The van der Waals surface area contributed by atoms with Crippen LogP contribution < -0.4 is 10.2 Å². The number of ether oxygens (including phenoxy) is 1. The lowest BCUT2D eigenvalue weighted by Crippen LogP contribution is -2.53. The van der Waals surface area contributed by atoms with Crippen LogP contribution in [0.4, 0.5) is 14.5 Å². The molecule has 1 N–H and O–H groups in total. The van der Waals surface area contributed by atoms with E-state index in [1.54, 1.807) is 7.05 Å². The fourth-order valence-corrected chi connectivity index (χ4v) is 2.60. The van der Waals surface area contributed by atoms with E-state index in [0.717, 1.165) is 12.1 Å². The molecule has 1 aliphatic rings. The lowest BCUT2D eigenvalue weighted by atomic mass is 10.2. The average molecular weight is 340 g/mol. The maximum Gasteiger partial charge on any atom is 0.307 e. The van der Waals surface area contributed by atoms with Gasteiger partial charge in [0.15, 0.2) is 5.96 Å². The molecule has 1 aliphatic heterocycles. The molecule has 0 amide bonds. The first-order valence-corrected chi connectivity index (χ1v) is 7.77. The van der Waals surface area contributed by atoms with Crippen LogP contribution in [0, 0.1) is 11.6 Å². The molecule has 0 spiro atoms. The Kier molecular flexibility index (Phi) is 6.34. The number of anilines is 1. The van der Waals surface area contributed by atoms with Gasteiger partial charge in [-0.3, -0.25) is 9.79 Å². The van der Waals surface area contributed by atoms with Gasteiger partial charge in [0.25, 0.3) is 0 Å². The molecule has 1 heterocycles. The Morgan fingerprint density at radius 1 is 1.29 bits per heavy atom. The second kappa shape index (κ2) is 8.47. The predicted molar refractivity (Wildman–Crippen MR) is 88.1 cm³/mol. The van der Waals surface area contributed by atoms with E-state index in [2.05, 4.69) is 15.0 Å². The molecule has 0 aromatic heterocycles. The van der Waals surface area contributed by atoms with E-state index in [1.807, 2.05) is 9.80 Å². The first kappa shape index (κ1) is 18.0. The van der Waals surface area contributed by atoms with Gasteiger partial charge in [0.1, 0.15) is 11.6 Å². The van der Waals surface area contributed by atoms with Crippen molar-refractivity contribution >= 4 is 17.6 Å². The number of hydrogen-bond acceptors (Lipinski definition) is 4. The van der Waals surface area contributed by atoms with Gasteiger partial charge in [-0.25, -0.2) is 8.78 Å². The third kappa shape index (κ3) is 4.56. The zero-order chi connectivity index (χ0) is 17.5. The molecular formula is C16H22F2N4O2. The van der Waals surface area contributed by atoms with Crippen LogP contribution in [-0.4, -0.2) is 63.7 Å². The first-order chi connectivity index (χ1) is 11.5. The summed E-state index contributed by atoms with van der Waals surface area (Å²) in [4.78, 5) is 19.2. The fraction of sp³-hybridized carbons (Fsp3) is 0.500. The van der Waals surface area contributed by atoms with Crippen LogP contribution in [-0.2, 0) is 9.53 Å². The second-order valence-electron chi connectivity index (χ2n) is 5.37. The number of guanidine groups is 1. The summed E-state index contributed by atoms with van der Waals surface area (Å²) in [6.45, 7) is 2.77. The first-order valence-electron chi connectivity index (χ1n) is 7.77. The number of carbonyl (C=O) groups is 1. The normalized spacial score (nSPS) is 15.4. The van der Waals surface area contributed by atoms with Crippen molar-refractivity contribution in [2.45, 2.75) is 6.42 Å². The Hall–Kier alpha value is -2.38. The minimum atomic E-state index is -0.450.